The zero-order chi connectivity index (χ0) is 24.8. The van der Waals surface area contributed by atoms with Crippen molar-refractivity contribution in [3.63, 3.8) is 0 Å². The fraction of sp³-hybridized carbons (Fsp3) is 0.348. The number of hydrogen-bond acceptors (Lipinski definition) is 9. The molecule has 10 nitrogen and oxygen atoms in total. The number of thiazole rings is 1. The molecule has 1 aromatic carbocycles. The van der Waals surface area contributed by atoms with Crippen LogP contribution in [0.1, 0.15) is 30.1 Å². The van der Waals surface area contributed by atoms with E-state index in [0.717, 1.165) is 12.8 Å². The molecule has 0 bridgehead atoms. The standard InChI is InChI=1S/C23H26N4O6S2/c1-16(15-31-2)32-20-13-17(22(28)26-23-24-9-12-34-23)14-21(25-20)33-18-5-7-19(8-6-18)35(29,30)27-10-3-4-11-27/h5-9,12-14,16H,3-4,10-11,15H2,1-2H3,(H,24,26,28)/t16-/m1/s1. The molecular weight excluding hydrogens is 492 g/mol. The maximum atomic E-state index is 12.8. The lowest BCUT2D eigenvalue weighted by molar-refractivity contribution is 0.0882. The Morgan fingerprint density at radius 2 is 1.89 bits per heavy atom. The summed E-state index contributed by atoms with van der Waals surface area (Å²) < 4.78 is 43.7. The van der Waals surface area contributed by atoms with E-state index in [2.05, 4.69) is 15.3 Å². The van der Waals surface area contributed by atoms with Crippen molar-refractivity contribution in [3.05, 3.63) is 53.5 Å². The number of benzene rings is 1. The van der Waals surface area contributed by atoms with Gasteiger partial charge in [-0.1, -0.05) is 0 Å². The van der Waals surface area contributed by atoms with E-state index < -0.39 is 15.9 Å². The van der Waals surface area contributed by atoms with Crippen LogP contribution in [0, 0.1) is 0 Å². The van der Waals surface area contributed by atoms with E-state index in [0.29, 0.717) is 30.6 Å². The molecule has 0 radical (unpaired) electrons. The highest BCUT2D eigenvalue weighted by Crippen LogP contribution is 2.28. The highest BCUT2D eigenvalue weighted by Gasteiger charge is 2.27. The molecule has 0 spiro atoms. The lowest BCUT2D eigenvalue weighted by Gasteiger charge is -2.16. The largest absolute Gasteiger partial charge is 0.472 e. The van der Waals surface area contributed by atoms with E-state index >= 15 is 0 Å². The van der Waals surface area contributed by atoms with Gasteiger partial charge in [-0.2, -0.15) is 9.29 Å². The van der Waals surface area contributed by atoms with Gasteiger partial charge in [-0.25, -0.2) is 13.4 Å². The normalized spacial score (nSPS) is 15.0. The van der Waals surface area contributed by atoms with Gasteiger partial charge in [-0.15, -0.1) is 11.3 Å². The second-order valence-electron chi connectivity index (χ2n) is 7.89. The average Bonchev–Trinajstić information content (AvgIpc) is 3.54. The van der Waals surface area contributed by atoms with Crippen molar-refractivity contribution in [2.45, 2.75) is 30.8 Å². The number of carbonyl (C=O) groups excluding carboxylic acids is 1. The molecule has 186 valence electrons. The molecule has 2 aromatic heterocycles. The monoisotopic (exact) mass is 518 g/mol. The van der Waals surface area contributed by atoms with Gasteiger partial charge in [0.2, 0.25) is 21.8 Å². The summed E-state index contributed by atoms with van der Waals surface area (Å²) in [6, 6.07) is 9.10. The summed E-state index contributed by atoms with van der Waals surface area (Å²) in [6.45, 7) is 3.21. The van der Waals surface area contributed by atoms with Crippen LogP contribution in [-0.2, 0) is 14.8 Å². The van der Waals surface area contributed by atoms with Gasteiger partial charge >= 0.3 is 0 Å². The van der Waals surface area contributed by atoms with Crippen molar-refractivity contribution >= 4 is 32.4 Å². The molecular formula is C23H26N4O6S2. The fourth-order valence-electron chi connectivity index (χ4n) is 3.53. The number of carbonyl (C=O) groups is 1. The first-order valence-electron chi connectivity index (χ1n) is 11.0. The first kappa shape index (κ1) is 25.0. The summed E-state index contributed by atoms with van der Waals surface area (Å²) in [4.78, 5) is 21.4. The summed E-state index contributed by atoms with van der Waals surface area (Å²) in [6.07, 6.45) is 3.01. The quantitative estimate of drug-likeness (QED) is 0.431. The fourth-order valence-corrected chi connectivity index (χ4v) is 5.57. The van der Waals surface area contributed by atoms with Gasteiger partial charge in [0.05, 0.1) is 17.1 Å². The van der Waals surface area contributed by atoms with Crippen LogP contribution >= 0.6 is 11.3 Å². The van der Waals surface area contributed by atoms with Crippen LogP contribution in [0.2, 0.25) is 0 Å². The molecule has 1 amide bonds. The van der Waals surface area contributed by atoms with Gasteiger partial charge in [0.25, 0.3) is 5.91 Å². The molecule has 0 saturated carbocycles. The number of methoxy groups -OCH3 is 1. The van der Waals surface area contributed by atoms with Crippen LogP contribution in [0.4, 0.5) is 5.13 Å². The summed E-state index contributed by atoms with van der Waals surface area (Å²) >= 11 is 1.30. The molecule has 35 heavy (non-hydrogen) atoms. The highest BCUT2D eigenvalue weighted by molar-refractivity contribution is 7.89. The minimum Gasteiger partial charge on any atom is -0.472 e. The average molecular weight is 519 g/mol. The summed E-state index contributed by atoms with van der Waals surface area (Å²) in [5, 5.41) is 4.93. The molecule has 1 aliphatic heterocycles. The molecule has 1 atom stereocenters. The molecule has 0 unspecified atom stereocenters. The van der Waals surface area contributed by atoms with E-state index in [9.17, 15) is 13.2 Å². The first-order chi connectivity index (χ1) is 16.8. The maximum Gasteiger partial charge on any atom is 0.257 e. The van der Waals surface area contributed by atoms with Crippen LogP contribution in [0.3, 0.4) is 0 Å². The van der Waals surface area contributed by atoms with E-state index in [4.69, 9.17) is 14.2 Å². The summed E-state index contributed by atoms with van der Waals surface area (Å²) in [5.41, 5.74) is 0.262. The second kappa shape index (κ2) is 11.1. The second-order valence-corrected chi connectivity index (χ2v) is 10.7. The smallest absolute Gasteiger partial charge is 0.257 e. The van der Waals surface area contributed by atoms with Gasteiger partial charge in [0.15, 0.2) is 5.13 Å². The third-order valence-corrected chi connectivity index (χ3v) is 7.77. The first-order valence-corrected chi connectivity index (χ1v) is 13.3. The number of sulfonamides is 1. The predicted molar refractivity (Wildman–Crippen MR) is 131 cm³/mol. The minimum atomic E-state index is -3.52. The van der Waals surface area contributed by atoms with Gasteiger partial charge < -0.3 is 14.2 Å². The molecule has 1 saturated heterocycles. The number of hydrogen-bond donors (Lipinski definition) is 1. The van der Waals surface area contributed by atoms with Crippen LogP contribution in [-0.4, -0.2) is 61.5 Å². The number of ether oxygens (including phenoxy) is 3. The van der Waals surface area contributed by atoms with E-state index in [1.807, 2.05) is 6.92 Å². The SMILES string of the molecule is COC[C@@H](C)Oc1cc(C(=O)Nc2nccs2)cc(Oc2ccc(S(=O)(=O)N3CCCC3)cc2)n1. The van der Waals surface area contributed by atoms with Crippen molar-refractivity contribution in [2.75, 3.05) is 32.1 Å². The summed E-state index contributed by atoms with van der Waals surface area (Å²) in [7, 11) is -1.96. The zero-order valence-corrected chi connectivity index (χ0v) is 21.0. The van der Waals surface area contributed by atoms with Crippen LogP contribution < -0.4 is 14.8 Å². The molecule has 1 fully saturated rings. The van der Waals surface area contributed by atoms with Crippen LogP contribution in [0.25, 0.3) is 0 Å². The predicted octanol–water partition coefficient (Wildman–Crippen LogP) is 3.78. The number of pyridine rings is 1. The number of anilines is 1. The molecule has 3 aromatic rings. The summed E-state index contributed by atoms with van der Waals surface area (Å²) in [5.74, 6) is 0.269. The number of nitrogens with zero attached hydrogens (tertiary/aromatic N) is 3. The Kier molecular flexibility index (Phi) is 7.96. The van der Waals surface area contributed by atoms with Gasteiger partial charge in [0.1, 0.15) is 11.9 Å². The number of amides is 1. The third kappa shape index (κ3) is 6.34. The molecule has 12 heteroatoms. The van der Waals surface area contributed by atoms with Crippen molar-refractivity contribution in [1.82, 2.24) is 14.3 Å². The van der Waals surface area contributed by atoms with Gasteiger partial charge in [0, 0.05) is 43.9 Å². The van der Waals surface area contributed by atoms with E-state index in [1.54, 1.807) is 30.8 Å². The van der Waals surface area contributed by atoms with E-state index in [1.165, 1.54) is 39.9 Å². The van der Waals surface area contributed by atoms with Crippen molar-refractivity contribution in [3.8, 4) is 17.5 Å². The lowest BCUT2D eigenvalue weighted by Crippen LogP contribution is -2.27. The van der Waals surface area contributed by atoms with Gasteiger partial charge in [-0.3, -0.25) is 10.1 Å². The molecule has 1 N–H and O–H groups in total. The molecule has 4 rings (SSSR count). The van der Waals surface area contributed by atoms with Crippen molar-refractivity contribution in [2.24, 2.45) is 0 Å². The number of rotatable bonds is 10. The van der Waals surface area contributed by atoms with Crippen LogP contribution in [0.15, 0.2) is 52.9 Å². The zero-order valence-electron chi connectivity index (χ0n) is 19.3. The Morgan fingerprint density at radius 3 is 2.54 bits per heavy atom. The number of nitrogens with one attached hydrogen (secondary N) is 1. The highest BCUT2D eigenvalue weighted by atomic mass is 32.2. The Morgan fingerprint density at radius 1 is 1.17 bits per heavy atom. The maximum absolute atomic E-state index is 12.8. The minimum absolute atomic E-state index is 0.117. The lowest BCUT2D eigenvalue weighted by atomic mass is 10.2. The van der Waals surface area contributed by atoms with Crippen molar-refractivity contribution in [1.29, 1.82) is 0 Å². The van der Waals surface area contributed by atoms with Crippen molar-refractivity contribution < 1.29 is 27.4 Å². The number of aromatic nitrogens is 2. The Bertz CT molecular complexity index is 1240. The molecule has 1 aliphatic rings. The third-order valence-electron chi connectivity index (χ3n) is 5.17. The Labute approximate surface area is 207 Å². The molecule has 0 aliphatic carbocycles. The molecule has 3 heterocycles. The van der Waals surface area contributed by atoms with E-state index in [-0.39, 0.29) is 28.3 Å². The van der Waals surface area contributed by atoms with Gasteiger partial charge in [-0.05, 0) is 44.0 Å². The topological polar surface area (TPSA) is 120 Å². The van der Waals surface area contributed by atoms with Crippen LogP contribution in [0.5, 0.6) is 17.5 Å². The Balaban J connectivity index is 1.55. The Hall–Kier alpha value is -3.06.